The summed E-state index contributed by atoms with van der Waals surface area (Å²) in [7, 11) is -4.45. The summed E-state index contributed by atoms with van der Waals surface area (Å²) in [6.45, 7) is 7.51. The van der Waals surface area contributed by atoms with Gasteiger partial charge in [0.1, 0.15) is 18.1 Å². The molecule has 1 aromatic rings. The molecule has 1 aromatic heterocycles. The number of carbonyl (C=O) groups excluding carboxylic acids is 2. The minimum Gasteiger partial charge on any atom is -0.466 e. The monoisotopic (exact) mass is 862 g/mol. The molecule has 0 saturated heterocycles. The SMILES string of the molecule is CC/C=C\C[C@@H](O)/C=C/C=C\C/C=C\C=C\[C@@H](O)/C=C\CCCC(=O)OC[C@H](COP(=O)(O)OCCN)OC(=O)CCCCCCCCc1oc(CCCCC)c(C)c1C. The first-order valence-electron chi connectivity index (χ1n) is 22.0. The Morgan fingerprint density at radius 3 is 2.03 bits per heavy atom. The number of aliphatic hydroxyl groups is 2. The van der Waals surface area contributed by atoms with Crippen LogP contribution in [0.5, 0.6) is 0 Å². The molecule has 0 radical (unpaired) electrons. The fourth-order valence-corrected chi connectivity index (χ4v) is 6.67. The van der Waals surface area contributed by atoms with Crippen molar-refractivity contribution in [1.29, 1.82) is 0 Å². The topological polar surface area (TPSA) is 188 Å². The highest BCUT2D eigenvalue weighted by atomic mass is 31.2. The number of phosphoric ester groups is 1. The summed E-state index contributed by atoms with van der Waals surface area (Å²) in [5, 5.41) is 20.0. The van der Waals surface area contributed by atoms with Crippen molar-refractivity contribution < 1.29 is 52.2 Å². The number of esters is 2. The lowest BCUT2D eigenvalue weighted by Gasteiger charge is -2.19. The molecular formula is C47H76NO11P. The number of phosphoric acid groups is 1. The van der Waals surface area contributed by atoms with E-state index in [2.05, 4.69) is 27.7 Å². The van der Waals surface area contributed by atoms with Crippen molar-refractivity contribution in [2.75, 3.05) is 26.4 Å². The van der Waals surface area contributed by atoms with Crippen molar-refractivity contribution in [3.63, 3.8) is 0 Å². The number of allylic oxidation sites excluding steroid dienone is 8. The third-order valence-electron chi connectivity index (χ3n) is 9.48. The Balaban J connectivity index is 2.40. The van der Waals surface area contributed by atoms with E-state index in [1.54, 1.807) is 30.4 Å². The Morgan fingerprint density at radius 1 is 0.733 bits per heavy atom. The lowest BCUT2D eigenvalue weighted by Crippen LogP contribution is -2.29. The van der Waals surface area contributed by atoms with Crippen LogP contribution in [0.2, 0.25) is 0 Å². The molecule has 1 rings (SSSR count). The minimum atomic E-state index is -4.45. The van der Waals surface area contributed by atoms with E-state index in [-0.39, 0.29) is 32.6 Å². The van der Waals surface area contributed by atoms with Gasteiger partial charge in [-0.25, -0.2) is 4.57 Å². The molecule has 13 heteroatoms. The van der Waals surface area contributed by atoms with Crippen molar-refractivity contribution in [3.8, 4) is 0 Å². The molecule has 0 bridgehead atoms. The van der Waals surface area contributed by atoms with Crippen molar-refractivity contribution in [1.82, 2.24) is 0 Å². The maximum absolute atomic E-state index is 12.7. The van der Waals surface area contributed by atoms with Gasteiger partial charge in [-0.15, -0.1) is 0 Å². The second-order valence-corrected chi connectivity index (χ2v) is 16.3. The quantitative estimate of drug-likeness (QED) is 0.0165. The van der Waals surface area contributed by atoms with Gasteiger partial charge in [0.05, 0.1) is 25.4 Å². The van der Waals surface area contributed by atoms with Crippen LogP contribution in [0, 0.1) is 13.8 Å². The predicted molar refractivity (Wildman–Crippen MR) is 239 cm³/mol. The zero-order valence-electron chi connectivity index (χ0n) is 36.8. The van der Waals surface area contributed by atoms with Crippen LogP contribution in [0.15, 0.2) is 77.3 Å². The molecule has 1 unspecified atom stereocenters. The van der Waals surface area contributed by atoms with Gasteiger partial charge in [-0.3, -0.25) is 18.6 Å². The Kier molecular flexibility index (Phi) is 32.1. The predicted octanol–water partition coefficient (Wildman–Crippen LogP) is 9.87. The first kappa shape index (κ1) is 54.7. The van der Waals surface area contributed by atoms with E-state index in [9.17, 15) is 29.3 Å². The van der Waals surface area contributed by atoms with Gasteiger partial charge >= 0.3 is 19.8 Å². The molecule has 1 heterocycles. The third kappa shape index (κ3) is 29.0. The van der Waals surface area contributed by atoms with Crippen molar-refractivity contribution in [2.24, 2.45) is 5.73 Å². The highest BCUT2D eigenvalue weighted by molar-refractivity contribution is 7.47. The molecule has 0 fully saturated rings. The molecule has 0 saturated carbocycles. The van der Waals surface area contributed by atoms with Crippen LogP contribution in [-0.2, 0) is 45.5 Å². The van der Waals surface area contributed by atoms with Crippen LogP contribution >= 0.6 is 7.82 Å². The number of unbranched alkanes of at least 4 members (excludes halogenated alkanes) is 8. The average molecular weight is 862 g/mol. The lowest BCUT2D eigenvalue weighted by molar-refractivity contribution is -0.161. The number of nitrogens with two attached hydrogens (primary N) is 1. The molecule has 12 nitrogen and oxygen atoms in total. The van der Waals surface area contributed by atoms with Crippen LogP contribution in [0.25, 0.3) is 0 Å². The lowest BCUT2D eigenvalue weighted by atomic mass is 10.0. The fourth-order valence-electron chi connectivity index (χ4n) is 5.90. The van der Waals surface area contributed by atoms with E-state index >= 15 is 0 Å². The highest BCUT2D eigenvalue weighted by Gasteiger charge is 2.26. The van der Waals surface area contributed by atoms with Gasteiger partial charge in [-0.1, -0.05) is 125 Å². The maximum atomic E-state index is 12.7. The van der Waals surface area contributed by atoms with Gasteiger partial charge in [0.15, 0.2) is 6.10 Å². The number of aryl methyl sites for hydroxylation is 2. The van der Waals surface area contributed by atoms with Crippen LogP contribution in [0.4, 0.5) is 0 Å². The fraction of sp³-hybridized carbons (Fsp3) is 0.617. The summed E-state index contributed by atoms with van der Waals surface area (Å²) in [6, 6.07) is 0. The Labute approximate surface area is 360 Å². The Morgan fingerprint density at radius 2 is 1.37 bits per heavy atom. The molecule has 0 aliphatic carbocycles. The summed E-state index contributed by atoms with van der Waals surface area (Å²) in [5.74, 6) is 1.18. The van der Waals surface area contributed by atoms with Crippen molar-refractivity contribution in [3.05, 3.63) is 95.6 Å². The highest BCUT2D eigenvalue weighted by Crippen LogP contribution is 2.43. The number of rotatable bonds is 36. The van der Waals surface area contributed by atoms with Gasteiger partial charge in [0.25, 0.3) is 0 Å². The molecule has 60 heavy (non-hydrogen) atoms. The normalized spacial score (nSPS) is 15.0. The zero-order chi connectivity index (χ0) is 44.3. The van der Waals surface area contributed by atoms with E-state index in [1.807, 2.05) is 42.5 Å². The summed E-state index contributed by atoms with van der Waals surface area (Å²) >= 11 is 0. The van der Waals surface area contributed by atoms with E-state index in [1.165, 1.54) is 24.0 Å². The van der Waals surface area contributed by atoms with Crippen molar-refractivity contribution >= 4 is 19.8 Å². The van der Waals surface area contributed by atoms with Gasteiger partial charge in [0, 0.05) is 32.2 Å². The standard InChI is InChI=1S/C47H76NO11P/c1-5-7-19-27-41(49)28-21-14-10-9-11-15-22-29-42(50)30-23-18-26-33-46(51)55-37-43(38-57-60(53,54)56-36-35-48)58-47(52)34-25-17-13-12-16-24-32-45-40(4)39(3)44(59-45)31-20-8-6-2/h7,10-11,14-15,19,21-23,28-30,41-43,49-50H,5-6,8-9,12-13,16-18,20,24-27,31-38,48H2,1-4H3,(H,53,54)/b14-10-,15-11-,19-7-,28-21+,29-22+,30-23-/t41-,42-,43-/m1/s1. The van der Waals surface area contributed by atoms with Gasteiger partial charge < -0.3 is 34.7 Å². The number of ether oxygens (including phenoxy) is 2. The molecule has 340 valence electrons. The van der Waals surface area contributed by atoms with E-state index in [0.717, 1.165) is 69.3 Å². The first-order valence-corrected chi connectivity index (χ1v) is 23.5. The number of furan rings is 1. The molecule has 0 amide bonds. The number of hydrogen-bond acceptors (Lipinski definition) is 11. The van der Waals surface area contributed by atoms with E-state index in [4.69, 9.17) is 28.7 Å². The zero-order valence-corrected chi connectivity index (χ0v) is 37.7. The Hall–Kier alpha value is -3.35. The Bertz CT molecular complexity index is 1530. The smallest absolute Gasteiger partial charge is 0.466 e. The summed E-state index contributed by atoms with van der Waals surface area (Å²) in [6.07, 6.45) is 34.2. The van der Waals surface area contributed by atoms with Crippen LogP contribution in [0.1, 0.15) is 139 Å². The summed E-state index contributed by atoms with van der Waals surface area (Å²) < 4.78 is 38.9. The molecule has 0 aromatic carbocycles. The largest absolute Gasteiger partial charge is 0.472 e. The van der Waals surface area contributed by atoms with Crippen molar-refractivity contribution in [2.45, 2.75) is 162 Å². The molecule has 5 N–H and O–H groups in total. The number of aliphatic hydroxyl groups excluding tert-OH is 2. The molecule has 0 aliphatic rings. The third-order valence-corrected chi connectivity index (χ3v) is 10.5. The van der Waals surface area contributed by atoms with E-state index < -0.39 is 44.7 Å². The second kappa shape index (κ2) is 35.3. The molecule has 0 spiro atoms. The van der Waals surface area contributed by atoms with Gasteiger partial charge in [0.2, 0.25) is 0 Å². The number of carbonyl (C=O) groups is 2. The molecule has 4 atom stereocenters. The maximum Gasteiger partial charge on any atom is 0.472 e. The van der Waals surface area contributed by atoms with Crippen LogP contribution < -0.4 is 5.73 Å². The second-order valence-electron chi connectivity index (χ2n) is 14.8. The average Bonchev–Trinajstić information content (AvgIpc) is 3.49. The van der Waals surface area contributed by atoms with Crippen LogP contribution in [-0.4, -0.2) is 71.7 Å². The number of hydrogen-bond donors (Lipinski definition) is 4. The minimum absolute atomic E-state index is 0.0120. The van der Waals surface area contributed by atoms with E-state index in [0.29, 0.717) is 32.1 Å². The van der Waals surface area contributed by atoms with Crippen LogP contribution in [0.3, 0.4) is 0 Å². The summed E-state index contributed by atoms with van der Waals surface area (Å²) in [5.41, 5.74) is 7.91. The summed E-state index contributed by atoms with van der Waals surface area (Å²) in [4.78, 5) is 35.0. The molecular weight excluding hydrogens is 785 g/mol. The van der Waals surface area contributed by atoms with Gasteiger partial charge in [-0.2, -0.15) is 0 Å². The van der Waals surface area contributed by atoms with Gasteiger partial charge in [-0.05, 0) is 76.3 Å². The first-order chi connectivity index (χ1) is 28.9. The molecule has 0 aliphatic heterocycles.